The van der Waals surface area contributed by atoms with Gasteiger partial charge in [0.2, 0.25) is 0 Å². The van der Waals surface area contributed by atoms with E-state index >= 15 is 0 Å². The van der Waals surface area contributed by atoms with Gasteiger partial charge in [0.05, 0.1) is 0 Å². The SMILES string of the molecule is CCCCCCCCCCCCCCCCCCCCCCCP(Br)(c1ccccc1)(c1ccccc1)c1ccccc1. The minimum absolute atomic E-state index is 1.17. The molecule has 0 aliphatic heterocycles. The Balaban J connectivity index is 1.30. The molecule has 0 saturated heterocycles. The average molecular weight is 666 g/mol. The van der Waals surface area contributed by atoms with Crippen LogP contribution in [-0.4, -0.2) is 6.16 Å². The first kappa shape index (κ1) is 36.0. The van der Waals surface area contributed by atoms with Crippen molar-refractivity contribution in [3.63, 3.8) is 0 Å². The molecule has 0 saturated carbocycles. The van der Waals surface area contributed by atoms with E-state index in [0.29, 0.717) is 0 Å². The molecule has 0 N–H and O–H groups in total. The van der Waals surface area contributed by atoms with E-state index in [0.717, 1.165) is 0 Å². The second-order valence-corrected chi connectivity index (χ2v) is 22.0. The molecule has 2 heteroatoms. The fraction of sp³-hybridized carbons (Fsp3) is 0.561. The van der Waals surface area contributed by atoms with Crippen LogP contribution in [-0.2, 0) is 0 Å². The number of hydrogen-bond donors (Lipinski definition) is 0. The molecule has 0 bridgehead atoms. The molecule has 0 aliphatic carbocycles. The number of benzene rings is 3. The van der Waals surface area contributed by atoms with Crippen LogP contribution in [0.15, 0.2) is 91.0 Å². The third-order valence-electron chi connectivity index (χ3n) is 9.57. The maximum atomic E-state index is 4.61. The van der Waals surface area contributed by atoms with Gasteiger partial charge in [0.1, 0.15) is 0 Å². The predicted octanol–water partition coefficient (Wildman–Crippen LogP) is 13.0. The van der Waals surface area contributed by atoms with Gasteiger partial charge in [-0.05, 0) is 0 Å². The third kappa shape index (κ3) is 11.8. The molecular formula is C41H62BrP. The fourth-order valence-electron chi connectivity index (χ4n) is 6.89. The Morgan fingerprint density at radius 3 is 0.837 bits per heavy atom. The zero-order chi connectivity index (χ0) is 30.3. The second-order valence-electron chi connectivity index (χ2n) is 13.0. The van der Waals surface area contributed by atoms with Gasteiger partial charge < -0.3 is 0 Å². The summed E-state index contributed by atoms with van der Waals surface area (Å²) in [6, 6.07) is 33.8. The van der Waals surface area contributed by atoms with Gasteiger partial charge in [-0.3, -0.25) is 0 Å². The van der Waals surface area contributed by atoms with Gasteiger partial charge in [0.25, 0.3) is 0 Å². The Labute approximate surface area is 274 Å². The zero-order valence-corrected chi connectivity index (χ0v) is 30.0. The van der Waals surface area contributed by atoms with Crippen LogP contribution in [0.5, 0.6) is 0 Å². The van der Waals surface area contributed by atoms with Crippen LogP contribution in [0.25, 0.3) is 0 Å². The van der Waals surface area contributed by atoms with Crippen LogP contribution in [0.4, 0.5) is 0 Å². The normalized spacial score (nSPS) is 12.7. The van der Waals surface area contributed by atoms with Gasteiger partial charge in [-0.1, -0.05) is 71.1 Å². The van der Waals surface area contributed by atoms with Crippen molar-refractivity contribution in [3.8, 4) is 0 Å². The molecule has 0 atom stereocenters. The topological polar surface area (TPSA) is 0 Å². The van der Waals surface area contributed by atoms with E-state index in [1.165, 1.54) is 157 Å². The molecule has 0 spiro atoms. The first-order valence-electron chi connectivity index (χ1n) is 18.1. The van der Waals surface area contributed by atoms with Gasteiger partial charge in [-0.2, -0.15) is 0 Å². The number of rotatable bonds is 25. The molecule has 43 heavy (non-hydrogen) atoms. The monoisotopic (exact) mass is 664 g/mol. The van der Waals surface area contributed by atoms with Gasteiger partial charge >= 0.3 is 204 Å². The van der Waals surface area contributed by atoms with Gasteiger partial charge in [0, 0.05) is 0 Å². The van der Waals surface area contributed by atoms with E-state index in [1.807, 2.05) is 0 Å². The molecule has 3 rings (SSSR count). The van der Waals surface area contributed by atoms with E-state index < -0.39 is 5.31 Å². The van der Waals surface area contributed by atoms with Crippen molar-refractivity contribution >= 4 is 36.7 Å². The summed E-state index contributed by atoms with van der Waals surface area (Å²) in [4.78, 5) is 0. The predicted molar refractivity (Wildman–Crippen MR) is 202 cm³/mol. The Hall–Kier alpha value is -1.43. The van der Waals surface area contributed by atoms with E-state index in [4.69, 9.17) is 0 Å². The molecule has 0 aliphatic rings. The van der Waals surface area contributed by atoms with Crippen LogP contribution in [0.1, 0.15) is 142 Å². The summed E-state index contributed by atoms with van der Waals surface area (Å²) >= 11 is 4.61. The molecule has 0 fully saturated rings. The molecule has 0 nitrogen and oxygen atoms in total. The Morgan fingerprint density at radius 1 is 0.349 bits per heavy atom. The number of hydrogen-bond acceptors (Lipinski definition) is 0. The molecule has 0 amide bonds. The summed E-state index contributed by atoms with van der Waals surface area (Å²) in [5.41, 5.74) is 0. The first-order valence-corrected chi connectivity index (χ1v) is 22.5. The second kappa shape index (κ2) is 21.3. The minimum atomic E-state index is -2.74. The van der Waals surface area contributed by atoms with E-state index in [9.17, 15) is 0 Å². The van der Waals surface area contributed by atoms with Crippen LogP contribution in [0.2, 0.25) is 0 Å². The van der Waals surface area contributed by atoms with E-state index in [1.54, 1.807) is 0 Å². The van der Waals surface area contributed by atoms with Gasteiger partial charge in [-0.25, -0.2) is 0 Å². The molecule has 238 valence electrons. The average Bonchev–Trinajstić information content (AvgIpc) is 3.06. The molecule has 0 aromatic heterocycles. The van der Waals surface area contributed by atoms with E-state index in [2.05, 4.69) is 113 Å². The third-order valence-corrected chi connectivity index (χ3v) is 19.6. The van der Waals surface area contributed by atoms with Gasteiger partial charge in [0.15, 0.2) is 0 Å². The Bertz CT molecular complexity index is 965. The summed E-state index contributed by atoms with van der Waals surface area (Å²) in [7, 11) is 0. The molecule has 3 aromatic carbocycles. The van der Waals surface area contributed by atoms with E-state index in [-0.39, 0.29) is 0 Å². The first-order chi connectivity index (χ1) is 21.2. The molecule has 0 radical (unpaired) electrons. The van der Waals surface area contributed by atoms with Crippen LogP contribution in [0, 0.1) is 0 Å². The molecule has 3 aromatic rings. The standard InChI is InChI=1S/C41H62BrP/c1-2-3-4-5-6-7-8-9-10-11-12-13-14-15-16-17-18-19-20-21-31-38-43(42,39-32-25-22-26-33-39,40-34-27-23-28-35-40)41-36-29-24-30-37-41/h22-30,32-37H,2-21,31,38H2,1H3. The van der Waals surface area contributed by atoms with Crippen molar-refractivity contribution in [2.75, 3.05) is 6.16 Å². The summed E-state index contributed by atoms with van der Waals surface area (Å²) in [6.45, 7) is 2.30. The molecule has 0 unspecified atom stereocenters. The summed E-state index contributed by atoms with van der Waals surface area (Å²) in [6.07, 6.45) is 31.1. The quantitative estimate of drug-likeness (QED) is 0.0624. The van der Waals surface area contributed by atoms with Gasteiger partial charge in [-0.15, -0.1) is 0 Å². The van der Waals surface area contributed by atoms with Crippen molar-refractivity contribution in [1.29, 1.82) is 0 Å². The summed E-state index contributed by atoms with van der Waals surface area (Å²) in [5, 5.41) is 1.59. The van der Waals surface area contributed by atoms with Crippen molar-refractivity contribution in [2.45, 2.75) is 142 Å². The number of halogens is 1. The fourth-order valence-corrected chi connectivity index (χ4v) is 14.6. The summed E-state index contributed by atoms with van der Waals surface area (Å²) in [5.74, 6) is 0. The summed E-state index contributed by atoms with van der Waals surface area (Å²) < 4.78 is 0. The van der Waals surface area contributed by atoms with Crippen molar-refractivity contribution in [3.05, 3.63) is 91.0 Å². The Kier molecular flexibility index (Phi) is 17.9. The van der Waals surface area contributed by atoms with Crippen molar-refractivity contribution < 1.29 is 0 Å². The van der Waals surface area contributed by atoms with Crippen LogP contribution < -0.4 is 15.9 Å². The maximum absolute atomic E-state index is 4.61. The molecular weight excluding hydrogens is 603 g/mol. The van der Waals surface area contributed by atoms with Crippen molar-refractivity contribution in [2.24, 2.45) is 0 Å². The zero-order valence-electron chi connectivity index (χ0n) is 27.5. The van der Waals surface area contributed by atoms with Crippen LogP contribution in [0.3, 0.4) is 0 Å². The van der Waals surface area contributed by atoms with Crippen molar-refractivity contribution in [1.82, 2.24) is 0 Å². The molecule has 0 heterocycles. The van der Waals surface area contributed by atoms with Crippen LogP contribution >= 0.6 is 20.8 Å². The number of unbranched alkanes of at least 4 members (excludes halogenated alkanes) is 20. The Morgan fingerprint density at radius 2 is 0.581 bits per heavy atom.